The van der Waals surface area contributed by atoms with Crippen LogP contribution < -0.4 is 10.6 Å². The van der Waals surface area contributed by atoms with Gasteiger partial charge in [-0.3, -0.25) is 9.59 Å². The minimum absolute atomic E-state index is 0.0169. The molecule has 3 rings (SSSR count). The first kappa shape index (κ1) is 17.2. The second kappa shape index (κ2) is 7.09. The Morgan fingerprint density at radius 2 is 2.04 bits per heavy atom. The Bertz CT molecular complexity index is 769. The summed E-state index contributed by atoms with van der Waals surface area (Å²) in [5.41, 5.74) is 2.22. The number of para-hydroxylation sites is 1. The number of piperidine rings is 1. The summed E-state index contributed by atoms with van der Waals surface area (Å²) in [5, 5.41) is 10.2. The predicted octanol–water partition coefficient (Wildman–Crippen LogP) is 2.07. The highest BCUT2D eigenvalue weighted by molar-refractivity contribution is 5.95. The van der Waals surface area contributed by atoms with E-state index in [1.807, 2.05) is 44.2 Å². The first-order chi connectivity index (χ1) is 12.0. The third kappa shape index (κ3) is 3.57. The van der Waals surface area contributed by atoms with Crippen molar-refractivity contribution in [1.82, 2.24) is 20.4 Å². The molecular formula is C19H24N4O2. The molecule has 1 aliphatic rings. The number of hydrogen-bond acceptors (Lipinski definition) is 3. The van der Waals surface area contributed by atoms with Gasteiger partial charge in [-0.25, -0.2) is 4.68 Å². The highest BCUT2D eigenvalue weighted by atomic mass is 16.2. The van der Waals surface area contributed by atoms with Crippen molar-refractivity contribution >= 4 is 11.8 Å². The molecule has 132 valence electrons. The van der Waals surface area contributed by atoms with Crippen molar-refractivity contribution in [3.05, 3.63) is 47.8 Å². The van der Waals surface area contributed by atoms with E-state index in [2.05, 4.69) is 22.7 Å². The molecule has 2 aromatic rings. The van der Waals surface area contributed by atoms with E-state index < -0.39 is 0 Å². The summed E-state index contributed by atoms with van der Waals surface area (Å²) in [4.78, 5) is 24.7. The molecule has 1 aliphatic heterocycles. The fourth-order valence-electron chi connectivity index (χ4n) is 3.44. The summed E-state index contributed by atoms with van der Waals surface area (Å²) in [6.07, 6.45) is 2.50. The van der Waals surface area contributed by atoms with Crippen LogP contribution in [0.1, 0.15) is 36.3 Å². The second-order valence-electron chi connectivity index (χ2n) is 6.83. The van der Waals surface area contributed by atoms with Gasteiger partial charge in [0.1, 0.15) is 0 Å². The van der Waals surface area contributed by atoms with Gasteiger partial charge in [0, 0.05) is 12.6 Å². The Morgan fingerprint density at radius 3 is 2.72 bits per heavy atom. The van der Waals surface area contributed by atoms with Crippen LogP contribution in [0.4, 0.5) is 0 Å². The van der Waals surface area contributed by atoms with Crippen molar-refractivity contribution in [2.75, 3.05) is 6.54 Å². The summed E-state index contributed by atoms with van der Waals surface area (Å²) in [7, 11) is 0. The third-order valence-electron chi connectivity index (χ3n) is 4.88. The first-order valence-electron chi connectivity index (χ1n) is 8.66. The zero-order valence-corrected chi connectivity index (χ0v) is 14.8. The largest absolute Gasteiger partial charge is 0.353 e. The van der Waals surface area contributed by atoms with Crippen molar-refractivity contribution in [3.8, 4) is 5.69 Å². The number of amides is 2. The molecular weight excluding hydrogens is 316 g/mol. The van der Waals surface area contributed by atoms with Crippen LogP contribution in [0.2, 0.25) is 0 Å². The van der Waals surface area contributed by atoms with E-state index in [-0.39, 0.29) is 29.7 Å². The molecule has 6 nitrogen and oxygen atoms in total. The molecule has 0 saturated carbocycles. The zero-order valence-electron chi connectivity index (χ0n) is 14.8. The van der Waals surface area contributed by atoms with E-state index in [1.165, 1.54) is 0 Å². The minimum atomic E-state index is -0.196. The highest BCUT2D eigenvalue weighted by Gasteiger charge is 2.32. The van der Waals surface area contributed by atoms with Gasteiger partial charge in [-0.1, -0.05) is 25.1 Å². The van der Waals surface area contributed by atoms with Crippen LogP contribution in [0.15, 0.2) is 36.5 Å². The van der Waals surface area contributed by atoms with Gasteiger partial charge in [0.05, 0.1) is 29.1 Å². The highest BCUT2D eigenvalue weighted by Crippen LogP contribution is 2.22. The number of rotatable bonds is 4. The Labute approximate surface area is 147 Å². The number of carbonyl (C=O) groups is 2. The summed E-state index contributed by atoms with van der Waals surface area (Å²) >= 11 is 0. The molecule has 3 unspecified atom stereocenters. The third-order valence-corrected chi connectivity index (χ3v) is 4.88. The topological polar surface area (TPSA) is 76.0 Å². The monoisotopic (exact) mass is 340 g/mol. The van der Waals surface area contributed by atoms with Crippen molar-refractivity contribution in [2.24, 2.45) is 11.8 Å². The maximum absolute atomic E-state index is 12.5. The SMILES string of the molecule is Cc1c(C(=O)NCC2C(=O)NC(C)CC2C)cnn1-c1ccccc1. The van der Waals surface area contributed by atoms with Gasteiger partial charge >= 0.3 is 0 Å². The molecule has 2 heterocycles. The van der Waals surface area contributed by atoms with Crippen LogP contribution in [0.5, 0.6) is 0 Å². The lowest BCUT2D eigenvalue weighted by Crippen LogP contribution is -2.50. The summed E-state index contributed by atoms with van der Waals surface area (Å²) in [6, 6.07) is 9.88. The quantitative estimate of drug-likeness (QED) is 0.895. The Balaban J connectivity index is 1.68. The molecule has 2 amide bonds. The average Bonchev–Trinajstić information content (AvgIpc) is 2.96. The van der Waals surface area contributed by atoms with Gasteiger partial charge in [0.15, 0.2) is 0 Å². The summed E-state index contributed by atoms with van der Waals surface area (Å²) in [5.74, 6) is -0.122. The van der Waals surface area contributed by atoms with Crippen LogP contribution in [0.25, 0.3) is 5.69 Å². The fourth-order valence-corrected chi connectivity index (χ4v) is 3.44. The van der Waals surface area contributed by atoms with E-state index in [1.54, 1.807) is 10.9 Å². The summed E-state index contributed by atoms with van der Waals surface area (Å²) < 4.78 is 1.74. The molecule has 0 bridgehead atoms. The van der Waals surface area contributed by atoms with Crippen LogP contribution in [-0.2, 0) is 4.79 Å². The molecule has 25 heavy (non-hydrogen) atoms. The molecule has 3 atom stereocenters. The maximum atomic E-state index is 12.5. The van der Waals surface area contributed by atoms with Gasteiger partial charge in [0.2, 0.25) is 5.91 Å². The lowest BCUT2D eigenvalue weighted by molar-refractivity contribution is -0.129. The van der Waals surface area contributed by atoms with E-state index in [0.29, 0.717) is 12.1 Å². The Hall–Kier alpha value is -2.63. The van der Waals surface area contributed by atoms with Gasteiger partial charge in [0.25, 0.3) is 5.91 Å². The van der Waals surface area contributed by atoms with Gasteiger partial charge in [-0.15, -0.1) is 0 Å². The molecule has 6 heteroatoms. The molecule has 1 saturated heterocycles. The number of nitrogens with one attached hydrogen (secondary N) is 2. The van der Waals surface area contributed by atoms with E-state index in [4.69, 9.17) is 0 Å². The normalized spacial score (nSPS) is 23.2. The van der Waals surface area contributed by atoms with Crippen molar-refractivity contribution in [1.29, 1.82) is 0 Å². The smallest absolute Gasteiger partial charge is 0.254 e. The first-order valence-corrected chi connectivity index (χ1v) is 8.66. The number of carbonyl (C=O) groups excluding carboxylic acids is 2. The Morgan fingerprint density at radius 1 is 1.32 bits per heavy atom. The Kier molecular flexibility index (Phi) is 4.88. The van der Waals surface area contributed by atoms with E-state index in [0.717, 1.165) is 17.8 Å². The lowest BCUT2D eigenvalue weighted by atomic mass is 9.84. The van der Waals surface area contributed by atoms with Crippen molar-refractivity contribution in [3.63, 3.8) is 0 Å². The van der Waals surface area contributed by atoms with Crippen molar-refractivity contribution in [2.45, 2.75) is 33.2 Å². The van der Waals surface area contributed by atoms with Gasteiger partial charge in [-0.05, 0) is 38.3 Å². The van der Waals surface area contributed by atoms with Crippen LogP contribution in [0, 0.1) is 18.8 Å². The molecule has 1 fully saturated rings. The lowest BCUT2D eigenvalue weighted by Gasteiger charge is -2.32. The van der Waals surface area contributed by atoms with Gasteiger partial charge in [-0.2, -0.15) is 5.10 Å². The standard InChI is InChI=1S/C19H24N4O2/c1-12-9-13(2)22-19(25)16(12)10-20-18(24)17-11-21-23(14(17)3)15-7-5-4-6-8-15/h4-8,11-13,16H,9-10H2,1-3H3,(H,20,24)(H,22,25). The fraction of sp³-hybridized carbons (Fsp3) is 0.421. The molecule has 1 aromatic carbocycles. The van der Waals surface area contributed by atoms with Crippen LogP contribution in [0.3, 0.4) is 0 Å². The number of benzene rings is 1. The summed E-state index contributed by atoms with van der Waals surface area (Å²) in [6.45, 7) is 6.27. The zero-order chi connectivity index (χ0) is 18.0. The average molecular weight is 340 g/mol. The second-order valence-corrected chi connectivity index (χ2v) is 6.83. The molecule has 0 radical (unpaired) electrons. The number of nitrogens with zero attached hydrogens (tertiary/aromatic N) is 2. The molecule has 1 aromatic heterocycles. The van der Waals surface area contributed by atoms with Crippen molar-refractivity contribution < 1.29 is 9.59 Å². The van der Waals surface area contributed by atoms with Gasteiger partial charge < -0.3 is 10.6 Å². The number of hydrogen-bond donors (Lipinski definition) is 2. The molecule has 0 spiro atoms. The molecule has 2 N–H and O–H groups in total. The van der Waals surface area contributed by atoms with E-state index >= 15 is 0 Å². The minimum Gasteiger partial charge on any atom is -0.353 e. The predicted molar refractivity (Wildman–Crippen MR) is 95.5 cm³/mol. The molecule has 0 aliphatic carbocycles. The van der Waals surface area contributed by atoms with Crippen LogP contribution in [-0.4, -0.2) is 34.2 Å². The maximum Gasteiger partial charge on any atom is 0.254 e. The van der Waals surface area contributed by atoms with Crippen LogP contribution >= 0.6 is 0 Å². The van der Waals surface area contributed by atoms with E-state index in [9.17, 15) is 9.59 Å². The number of aromatic nitrogens is 2.